The molecular formula is C23H20N2O3. The van der Waals surface area contributed by atoms with Gasteiger partial charge in [0.25, 0.3) is 11.8 Å². The fraction of sp³-hybridized carbons (Fsp3) is 0.130. The van der Waals surface area contributed by atoms with E-state index in [9.17, 15) is 9.59 Å². The lowest BCUT2D eigenvalue weighted by Gasteiger charge is -2.18. The highest BCUT2D eigenvalue weighted by Crippen LogP contribution is 2.31. The zero-order valence-electron chi connectivity index (χ0n) is 15.5. The maximum atomic E-state index is 13.0. The third kappa shape index (κ3) is 3.47. The number of fused-ring (bicyclic) bond motifs is 1. The number of nitrogens with one attached hydrogen (secondary N) is 1. The van der Waals surface area contributed by atoms with Crippen LogP contribution in [0.1, 0.15) is 26.3 Å². The van der Waals surface area contributed by atoms with E-state index in [1.54, 1.807) is 48.4 Å². The van der Waals surface area contributed by atoms with E-state index >= 15 is 0 Å². The van der Waals surface area contributed by atoms with Gasteiger partial charge in [-0.3, -0.25) is 9.59 Å². The van der Waals surface area contributed by atoms with Crippen molar-refractivity contribution in [3.05, 3.63) is 89.5 Å². The SMILES string of the molecule is COc1ccc(C(=O)N2CCc3ccc(C(=O)Nc4ccccc4)cc32)cc1. The van der Waals surface area contributed by atoms with Crippen molar-refractivity contribution in [2.45, 2.75) is 6.42 Å². The summed E-state index contributed by atoms with van der Waals surface area (Å²) in [6.45, 7) is 0.601. The number of para-hydroxylation sites is 1. The molecule has 4 rings (SSSR count). The number of carbonyl (C=O) groups is 2. The van der Waals surface area contributed by atoms with E-state index in [-0.39, 0.29) is 11.8 Å². The van der Waals surface area contributed by atoms with Gasteiger partial charge in [0, 0.05) is 29.0 Å². The Labute approximate surface area is 163 Å². The van der Waals surface area contributed by atoms with Gasteiger partial charge in [-0.2, -0.15) is 0 Å². The second-order valence-electron chi connectivity index (χ2n) is 6.60. The number of carbonyl (C=O) groups excluding carboxylic acids is 2. The molecular weight excluding hydrogens is 352 g/mol. The molecule has 2 amide bonds. The van der Waals surface area contributed by atoms with Crippen LogP contribution in [0.2, 0.25) is 0 Å². The molecule has 3 aromatic carbocycles. The predicted molar refractivity (Wildman–Crippen MR) is 109 cm³/mol. The maximum Gasteiger partial charge on any atom is 0.258 e. The lowest BCUT2D eigenvalue weighted by Crippen LogP contribution is -2.29. The fourth-order valence-corrected chi connectivity index (χ4v) is 3.35. The zero-order valence-corrected chi connectivity index (χ0v) is 15.5. The summed E-state index contributed by atoms with van der Waals surface area (Å²) >= 11 is 0. The van der Waals surface area contributed by atoms with E-state index in [1.807, 2.05) is 36.4 Å². The first-order chi connectivity index (χ1) is 13.7. The lowest BCUT2D eigenvalue weighted by molar-refractivity contribution is 0.0986. The molecule has 0 spiro atoms. The smallest absolute Gasteiger partial charge is 0.258 e. The van der Waals surface area contributed by atoms with Crippen LogP contribution in [0.15, 0.2) is 72.8 Å². The van der Waals surface area contributed by atoms with Crippen LogP contribution in [0, 0.1) is 0 Å². The Hall–Kier alpha value is -3.60. The molecule has 0 fully saturated rings. The van der Waals surface area contributed by atoms with Crippen LogP contribution in [-0.2, 0) is 6.42 Å². The van der Waals surface area contributed by atoms with Gasteiger partial charge in [0.1, 0.15) is 5.75 Å². The molecule has 0 aliphatic carbocycles. The molecule has 140 valence electrons. The van der Waals surface area contributed by atoms with E-state index in [0.29, 0.717) is 23.4 Å². The quantitative estimate of drug-likeness (QED) is 0.748. The number of ether oxygens (including phenoxy) is 1. The Bertz CT molecular complexity index is 1010. The lowest BCUT2D eigenvalue weighted by atomic mass is 10.1. The molecule has 0 unspecified atom stereocenters. The first-order valence-electron chi connectivity index (χ1n) is 9.11. The minimum absolute atomic E-state index is 0.0815. The van der Waals surface area contributed by atoms with E-state index in [1.165, 1.54) is 0 Å². The predicted octanol–water partition coefficient (Wildman–Crippen LogP) is 4.15. The van der Waals surface area contributed by atoms with Crippen molar-refractivity contribution in [3.63, 3.8) is 0 Å². The molecule has 1 aliphatic heterocycles. The first-order valence-corrected chi connectivity index (χ1v) is 9.11. The van der Waals surface area contributed by atoms with Crippen molar-refractivity contribution in [2.24, 2.45) is 0 Å². The molecule has 1 heterocycles. The Morgan fingerprint density at radius 2 is 1.64 bits per heavy atom. The average molecular weight is 372 g/mol. The van der Waals surface area contributed by atoms with Crippen molar-refractivity contribution in [1.29, 1.82) is 0 Å². The third-order valence-corrected chi connectivity index (χ3v) is 4.86. The van der Waals surface area contributed by atoms with E-state index in [0.717, 1.165) is 23.4 Å². The van der Waals surface area contributed by atoms with Gasteiger partial charge in [-0.05, 0) is 60.5 Å². The van der Waals surface area contributed by atoms with Crippen molar-refractivity contribution in [3.8, 4) is 5.75 Å². The van der Waals surface area contributed by atoms with Crippen LogP contribution in [0.4, 0.5) is 11.4 Å². The van der Waals surface area contributed by atoms with Crippen molar-refractivity contribution in [1.82, 2.24) is 0 Å². The largest absolute Gasteiger partial charge is 0.497 e. The van der Waals surface area contributed by atoms with Crippen LogP contribution in [-0.4, -0.2) is 25.5 Å². The molecule has 0 aromatic heterocycles. The van der Waals surface area contributed by atoms with E-state index < -0.39 is 0 Å². The number of methoxy groups -OCH3 is 1. The van der Waals surface area contributed by atoms with Gasteiger partial charge in [0.05, 0.1) is 7.11 Å². The van der Waals surface area contributed by atoms with Crippen LogP contribution in [0.5, 0.6) is 5.75 Å². The van der Waals surface area contributed by atoms with Crippen LogP contribution in [0.3, 0.4) is 0 Å². The number of nitrogens with zero attached hydrogens (tertiary/aromatic N) is 1. The van der Waals surface area contributed by atoms with Gasteiger partial charge in [-0.15, -0.1) is 0 Å². The van der Waals surface area contributed by atoms with Gasteiger partial charge in [-0.25, -0.2) is 0 Å². The number of anilines is 2. The highest BCUT2D eigenvalue weighted by molar-refractivity contribution is 6.09. The minimum Gasteiger partial charge on any atom is -0.497 e. The maximum absolute atomic E-state index is 13.0. The van der Waals surface area contributed by atoms with Gasteiger partial charge >= 0.3 is 0 Å². The minimum atomic E-state index is -0.197. The summed E-state index contributed by atoms with van der Waals surface area (Å²) < 4.78 is 5.15. The van der Waals surface area contributed by atoms with Gasteiger partial charge < -0.3 is 15.0 Å². The Balaban J connectivity index is 1.57. The van der Waals surface area contributed by atoms with Crippen molar-refractivity contribution in [2.75, 3.05) is 23.9 Å². The number of amides is 2. The molecule has 0 atom stereocenters. The molecule has 0 radical (unpaired) electrons. The number of hydrogen-bond donors (Lipinski definition) is 1. The summed E-state index contributed by atoms with van der Waals surface area (Å²) in [7, 11) is 1.59. The highest BCUT2D eigenvalue weighted by atomic mass is 16.5. The molecule has 5 heteroatoms. The van der Waals surface area contributed by atoms with Crippen LogP contribution in [0.25, 0.3) is 0 Å². The summed E-state index contributed by atoms with van der Waals surface area (Å²) in [4.78, 5) is 27.3. The summed E-state index contributed by atoms with van der Waals surface area (Å²) in [5.74, 6) is 0.429. The Morgan fingerprint density at radius 1 is 0.929 bits per heavy atom. The second kappa shape index (κ2) is 7.56. The van der Waals surface area contributed by atoms with Crippen LogP contribution >= 0.6 is 0 Å². The highest BCUT2D eigenvalue weighted by Gasteiger charge is 2.26. The molecule has 0 saturated carbocycles. The second-order valence-corrected chi connectivity index (χ2v) is 6.60. The molecule has 5 nitrogen and oxygen atoms in total. The standard InChI is InChI=1S/C23H20N2O3/c1-28-20-11-9-17(10-12-20)23(27)25-14-13-16-7-8-18(15-21(16)25)22(26)24-19-5-3-2-4-6-19/h2-12,15H,13-14H2,1H3,(H,24,26). The monoisotopic (exact) mass is 372 g/mol. The zero-order chi connectivity index (χ0) is 19.5. The van der Waals surface area contributed by atoms with Crippen molar-refractivity contribution >= 4 is 23.2 Å². The Kier molecular flexibility index (Phi) is 4.81. The summed E-state index contributed by atoms with van der Waals surface area (Å²) in [6, 6.07) is 21.9. The summed E-state index contributed by atoms with van der Waals surface area (Å²) in [5, 5.41) is 2.88. The number of benzene rings is 3. The summed E-state index contributed by atoms with van der Waals surface area (Å²) in [5.41, 5.74) is 3.71. The topological polar surface area (TPSA) is 58.6 Å². The molecule has 1 N–H and O–H groups in total. The molecule has 28 heavy (non-hydrogen) atoms. The molecule has 3 aromatic rings. The fourth-order valence-electron chi connectivity index (χ4n) is 3.35. The summed E-state index contributed by atoms with van der Waals surface area (Å²) in [6.07, 6.45) is 0.776. The molecule has 0 bridgehead atoms. The third-order valence-electron chi connectivity index (χ3n) is 4.86. The van der Waals surface area contributed by atoms with Gasteiger partial charge in [0.2, 0.25) is 0 Å². The number of hydrogen-bond acceptors (Lipinski definition) is 3. The van der Waals surface area contributed by atoms with Crippen molar-refractivity contribution < 1.29 is 14.3 Å². The average Bonchev–Trinajstić information content (AvgIpc) is 3.17. The molecule has 1 aliphatic rings. The van der Waals surface area contributed by atoms with E-state index in [2.05, 4.69) is 5.32 Å². The van der Waals surface area contributed by atoms with Gasteiger partial charge in [0.15, 0.2) is 0 Å². The van der Waals surface area contributed by atoms with E-state index in [4.69, 9.17) is 4.74 Å². The van der Waals surface area contributed by atoms with Gasteiger partial charge in [-0.1, -0.05) is 24.3 Å². The first kappa shape index (κ1) is 17.8. The molecule has 0 saturated heterocycles. The number of rotatable bonds is 4. The van der Waals surface area contributed by atoms with Crippen LogP contribution < -0.4 is 15.0 Å². The Morgan fingerprint density at radius 3 is 2.36 bits per heavy atom. The normalized spacial score (nSPS) is 12.4.